The SMILES string of the molecule is CN(Cc1cnc2nc(N)nc(N)c2n1)c1ccc(C(=O)NC(CCC(=O)O)C(=O)O)cc1.[LiH]. The van der Waals surface area contributed by atoms with Crippen LogP contribution in [0.25, 0.3) is 11.2 Å². The quantitative estimate of drug-likeness (QED) is 0.258. The fourth-order valence-corrected chi connectivity index (χ4v) is 3.03. The molecule has 0 saturated carbocycles. The summed E-state index contributed by atoms with van der Waals surface area (Å²) in [7, 11) is 1.82. The van der Waals surface area contributed by atoms with Gasteiger partial charge in [-0.2, -0.15) is 9.97 Å². The van der Waals surface area contributed by atoms with E-state index in [9.17, 15) is 19.5 Å². The molecule has 174 valence electrons. The van der Waals surface area contributed by atoms with E-state index < -0.39 is 23.9 Å². The number of aliphatic carboxylic acids is 2. The first-order chi connectivity index (χ1) is 15.6. The van der Waals surface area contributed by atoms with Gasteiger partial charge < -0.3 is 31.9 Å². The Morgan fingerprint density at radius 2 is 1.76 bits per heavy atom. The number of nitrogens with zero attached hydrogens (tertiary/aromatic N) is 5. The number of rotatable bonds is 9. The second-order valence-corrected chi connectivity index (χ2v) is 7.20. The van der Waals surface area contributed by atoms with Gasteiger partial charge in [-0.3, -0.25) is 9.59 Å². The van der Waals surface area contributed by atoms with E-state index in [1.54, 1.807) is 18.3 Å². The van der Waals surface area contributed by atoms with Crippen molar-refractivity contribution in [3.63, 3.8) is 0 Å². The molecule has 1 aromatic carbocycles. The van der Waals surface area contributed by atoms with E-state index in [0.717, 1.165) is 5.69 Å². The normalized spacial score (nSPS) is 11.3. The summed E-state index contributed by atoms with van der Waals surface area (Å²) in [6.45, 7) is 0.370. The summed E-state index contributed by atoms with van der Waals surface area (Å²) in [5.41, 5.74) is 13.7. The first-order valence-corrected chi connectivity index (χ1v) is 9.75. The molecule has 1 unspecified atom stereocenters. The Labute approximate surface area is 205 Å². The fraction of sp³-hybridized carbons (Fsp3) is 0.250. The predicted molar refractivity (Wildman–Crippen MR) is 125 cm³/mol. The van der Waals surface area contributed by atoms with E-state index in [1.807, 2.05) is 11.9 Å². The van der Waals surface area contributed by atoms with E-state index in [-0.39, 0.29) is 49.0 Å². The molecule has 14 heteroatoms. The zero-order valence-electron chi connectivity index (χ0n) is 17.6. The third-order valence-corrected chi connectivity index (χ3v) is 4.72. The Kier molecular flexibility index (Phi) is 8.71. The molecule has 0 aliphatic heterocycles. The molecule has 0 spiro atoms. The van der Waals surface area contributed by atoms with Crippen molar-refractivity contribution >= 4 is 65.3 Å². The van der Waals surface area contributed by atoms with Crippen LogP contribution < -0.4 is 21.7 Å². The van der Waals surface area contributed by atoms with Crippen molar-refractivity contribution in [1.29, 1.82) is 0 Å². The number of anilines is 3. The number of fused-ring (bicyclic) bond motifs is 1. The molecule has 1 amide bonds. The third-order valence-electron chi connectivity index (χ3n) is 4.72. The summed E-state index contributed by atoms with van der Waals surface area (Å²) in [5, 5.41) is 20.2. The molecule has 0 aliphatic carbocycles. The molecule has 1 atom stereocenters. The van der Waals surface area contributed by atoms with Gasteiger partial charge >= 0.3 is 30.8 Å². The van der Waals surface area contributed by atoms with E-state index in [2.05, 4.69) is 25.3 Å². The van der Waals surface area contributed by atoms with Gasteiger partial charge in [-0.25, -0.2) is 14.8 Å². The molecular weight excluding hydrogens is 439 g/mol. The molecule has 2 heterocycles. The van der Waals surface area contributed by atoms with Crippen LogP contribution in [0.5, 0.6) is 0 Å². The minimum absolute atomic E-state index is 0. The first-order valence-electron chi connectivity index (χ1n) is 9.75. The number of carboxylic acids is 2. The topological polar surface area (TPSA) is 211 Å². The van der Waals surface area contributed by atoms with Crippen molar-refractivity contribution in [2.75, 3.05) is 23.4 Å². The Morgan fingerprint density at radius 3 is 2.38 bits per heavy atom. The van der Waals surface area contributed by atoms with Crippen molar-refractivity contribution < 1.29 is 24.6 Å². The van der Waals surface area contributed by atoms with Crippen LogP contribution in [-0.4, -0.2) is 79.9 Å². The molecule has 0 fully saturated rings. The Bertz CT molecular complexity index is 1210. The zero-order chi connectivity index (χ0) is 24.1. The van der Waals surface area contributed by atoms with Gasteiger partial charge in [0.15, 0.2) is 17.0 Å². The molecule has 0 saturated heterocycles. The Balaban J connectivity index is 0.00000408. The van der Waals surface area contributed by atoms with Gasteiger partial charge in [0.25, 0.3) is 5.91 Å². The van der Waals surface area contributed by atoms with Crippen LogP contribution in [0.1, 0.15) is 28.9 Å². The van der Waals surface area contributed by atoms with Crippen LogP contribution in [0.2, 0.25) is 0 Å². The van der Waals surface area contributed by atoms with Crippen LogP contribution in [0.4, 0.5) is 17.5 Å². The van der Waals surface area contributed by atoms with Crippen LogP contribution in [0.15, 0.2) is 30.5 Å². The molecule has 3 aromatic rings. The molecule has 0 radical (unpaired) electrons. The molecule has 3 rings (SSSR count). The number of carboxylic acid groups (broad SMARTS) is 2. The van der Waals surface area contributed by atoms with Gasteiger partial charge in [-0.15, -0.1) is 0 Å². The summed E-state index contributed by atoms with van der Waals surface area (Å²) >= 11 is 0. The van der Waals surface area contributed by atoms with Crippen molar-refractivity contribution in [1.82, 2.24) is 25.3 Å². The van der Waals surface area contributed by atoms with Gasteiger partial charge in [0.2, 0.25) is 5.95 Å². The van der Waals surface area contributed by atoms with E-state index >= 15 is 0 Å². The molecule has 0 bridgehead atoms. The summed E-state index contributed by atoms with van der Waals surface area (Å²) in [6, 6.07) is 5.16. The van der Waals surface area contributed by atoms with E-state index in [1.165, 1.54) is 12.1 Å². The molecule has 34 heavy (non-hydrogen) atoms. The number of nitrogen functional groups attached to an aromatic ring is 2. The minimum atomic E-state index is -1.30. The summed E-state index contributed by atoms with van der Waals surface area (Å²) in [4.78, 5) is 52.7. The summed E-state index contributed by atoms with van der Waals surface area (Å²) < 4.78 is 0. The number of carbonyl (C=O) groups is 3. The van der Waals surface area contributed by atoms with Gasteiger partial charge in [-0.1, -0.05) is 0 Å². The number of hydrogen-bond donors (Lipinski definition) is 5. The van der Waals surface area contributed by atoms with Crippen LogP contribution in [0.3, 0.4) is 0 Å². The first kappa shape index (κ1) is 26.3. The summed E-state index contributed by atoms with van der Waals surface area (Å²) in [6.07, 6.45) is 0.964. The maximum absolute atomic E-state index is 12.4. The van der Waals surface area contributed by atoms with E-state index in [0.29, 0.717) is 23.4 Å². The number of benzene rings is 1. The van der Waals surface area contributed by atoms with Crippen molar-refractivity contribution in [2.24, 2.45) is 0 Å². The number of amides is 1. The molecular formula is C20H23LiN8O5. The van der Waals surface area contributed by atoms with Gasteiger partial charge in [0, 0.05) is 24.7 Å². The molecule has 7 N–H and O–H groups in total. The summed E-state index contributed by atoms with van der Waals surface area (Å²) in [5.74, 6) is -2.91. The monoisotopic (exact) mass is 462 g/mol. The van der Waals surface area contributed by atoms with Crippen molar-refractivity contribution in [3.05, 3.63) is 41.7 Å². The zero-order valence-corrected chi connectivity index (χ0v) is 17.6. The van der Waals surface area contributed by atoms with Gasteiger partial charge in [0.1, 0.15) is 6.04 Å². The van der Waals surface area contributed by atoms with Gasteiger partial charge in [-0.05, 0) is 30.7 Å². The number of nitrogens with two attached hydrogens (primary N) is 2. The van der Waals surface area contributed by atoms with Crippen LogP contribution >= 0.6 is 0 Å². The standard InChI is InChI=1S/C20H22N8O5.Li.H/c1-28(9-11-8-23-17-15(24-11)16(21)26-20(22)27-17)12-4-2-10(3-5-12)18(31)25-13(19(32)33)6-7-14(29)30;;/h2-5,8,13H,6-7,9H2,1H3,(H,25,31)(H,29,30)(H,32,33)(H4,21,22,23,26,27);;. The molecule has 0 aliphatic rings. The number of aromatic nitrogens is 4. The van der Waals surface area contributed by atoms with Gasteiger partial charge in [0.05, 0.1) is 18.4 Å². The average Bonchev–Trinajstić information content (AvgIpc) is 2.76. The third kappa shape index (κ3) is 6.53. The van der Waals surface area contributed by atoms with Crippen molar-refractivity contribution in [3.8, 4) is 0 Å². The Hall–Kier alpha value is -3.95. The number of carbonyl (C=O) groups excluding carboxylic acids is 1. The predicted octanol–water partition coefficient (Wildman–Crippen LogP) is -0.380. The fourth-order valence-electron chi connectivity index (χ4n) is 3.03. The van der Waals surface area contributed by atoms with Crippen LogP contribution in [-0.2, 0) is 16.1 Å². The number of hydrogen-bond acceptors (Lipinski definition) is 10. The van der Waals surface area contributed by atoms with Crippen LogP contribution in [0, 0.1) is 0 Å². The molecule has 13 nitrogen and oxygen atoms in total. The Morgan fingerprint density at radius 1 is 1.09 bits per heavy atom. The molecule has 2 aromatic heterocycles. The average molecular weight is 462 g/mol. The number of nitrogens with one attached hydrogen (secondary N) is 1. The maximum atomic E-state index is 12.4. The second-order valence-electron chi connectivity index (χ2n) is 7.20. The van der Waals surface area contributed by atoms with Crippen molar-refractivity contribution in [2.45, 2.75) is 25.4 Å². The van der Waals surface area contributed by atoms with E-state index in [4.69, 9.17) is 16.6 Å². The second kappa shape index (κ2) is 11.3.